The normalized spacial score (nSPS) is 11.4. The molecule has 186 valence electrons. The number of hydrogen-bond donors (Lipinski definition) is 1. The minimum absolute atomic E-state index is 0.209. The summed E-state index contributed by atoms with van der Waals surface area (Å²) in [5.41, 5.74) is 3.63. The first-order valence-electron chi connectivity index (χ1n) is 10.8. The van der Waals surface area contributed by atoms with Crippen LogP contribution in [0.2, 0.25) is 5.02 Å². The maximum atomic E-state index is 12.9. The molecule has 4 rings (SSSR count). The molecular formula is C25H22ClN3O6S. The van der Waals surface area contributed by atoms with Crippen molar-refractivity contribution in [2.24, 2.45) is 0 Å². The third kappa shape index (κ3) is 4.77. The van der Waals surface area contributed by atoms with E-state index in [2.05, 4.69) is 0 Å². The summed E-state index contributed by atoms with van der Waals surface area (Å²) in [5.74, 6) is -0.201. The summed E-state index contributed by atoms with van der Waals surface area (Å²) in [5, 5.41) is 11.7. The zero-order valence-corrected chi connectivity index (χ0v) is 21.2. The smallest absolute Gasteiger partial charge is 0.289 e. The van der Waals surface area contributed by atoms with Gasteiger partial charge in [-0.05, 0) is 61.9 Å². The maximum Gasteiger partial charge on any atom is 0.289 e. The van der Waals surface area contributed by atoms with Crippen molar-refractivity contribution in [3.05, 3.63) is 92.6 Å². The van der Waals surface area contributed by atoms with Gasteiger partial charge < -0.3 is 9.30 Å². The topological polar surface area (TPSA) is 121 Å². The van der Waals surface area contributed by atoms with E-state index in [0.717, 1.165) is 46.0 Å². The Balaban J connectivity index is 1.72. The maximum absolute atomic E-state index is 12.9. The van der Waals surface area contributed by atoms with Gasteiger partial charge in [0.15, 0.2) is 0 Å². The second-order valence-electron chi connectivity index (χ2n) is 8.19. The van der Waals surface area contributed by atoms with Gasteiger partial charge in [-0.3, -0.25) is 14.9 Å². The third-order valence-corrected chi connectivity index (χ3v) is 7.53. The zero-order chi connectivity index (χ0) is 26.2. The number of aromatic nitrogens is 1. The fraction of sp³-hybridized carbons (Fsp3) is 0.160. The molecule has 1 N–H and O–H groups in total. The van der Waals surface area contributed by atoms with E-state index < -0.39 is 31.4 Å². The zero-order valence-electron chi connectivity index (χ0n) is 19.6. The highest BCUT2D eigenvalue weighted by Gasteiger charge is 2.25. The predicted octanol–water partition coefficient (Wildman–Crippen LogP) is 4.87. The summed E-state index contributed by atoms with van der Waals surface area (Å²) in [4.78, 5) is 22.9. The van der Waals surface area contributed by atoms with Crippen molar-refractivity contribution in [1.29, 1.82) is 0 Å². The van der Waals surface area contributed by atoms with Crippen molar-refractivity contribution in [2.45, 2.75) is 25.2 Å². The minimum atomic E-state index is -4.38. The van der Waals surface area contributed by atoms with Crippen LogP contribution >= 0.6 is 11.6 Å². The number of aryl methyl sites for hydroxylation is 1. The van der Waals surface area contributed by atoms with Crippen LogP contribution in [-0.4, -0.2) is 30.9 Å². The highest BCUT2D eigenvalue weighted by molar-refractivity contribution is 7.90. The van der Waals surface area contributed by atoms with Gasteiger partial charge in [0.05, 0.1) is 28.9 Å². The molecule has 0 atom stereocenters. The van der Waals surface area contributed by atoms with E-state index in [9.17, 15) is 23.3 Å². The van der Waals surface area contributed by atoms with Crippen molar-refractivity contribution in [3.63, 3.8) is 0 Å². The largest absolute Gasteiger partial charge is 0.497 e. The Hall–Kier alpha value is -3.89. The molecule has 36 heavy (non-hydrogen) atoms. The standard InChI is InChI=1S/C25H22ClN3O6S/c1-15-4-6-17(7-5-15)28-16(2)20(21-12-18(35-3)8-11-23(21)28)14-25(30)27-36(33,34)19-9-10-22(26)24(13-19)29(31)32/h4-13H,14H2,1-3H3,(H,27,30). The highest BCUT2D eigenvalue weighted by atomic mass is 35.5. The number of halogens is 1. The van der Waals surface area contributed by atoms with Crippen LogP contribution < -0.4 is 9.46 Å². The molecule has 3 aromatic carbocycles. The van der Waals surface area contributed by atoms with Gasteiger partial charge in [-0.1, -0.05) is 29.3 Å². The molecule has 0 spiro atoms. The Morgan fingerprint density at radius 3 is 2.42 bits per heavy atom. The van der Waals surface area contributed by atoms with Gasteiger partial charge in [-0.15, -0.1) is 0 Å². The number of fused-ring (bicyclic) bond motifs is 1. The second-order valence-corrected chi connectivity index (χ2v) is 10.3. The first kappa shape index (κ1) is 25.2. The number of sulfonamides is 1. The number of hydrogen-bond acceptors (Lipinski definition) is 6. The number of ether oxygens (including phenoxy) is 1. The van der Waals surface area contributed by atoms with Crippen molar-refractivity contribution >= 4 is 44.1 Å². The van der Waals surface area contributed by atoms with Gasteiger partial charge in [0.1, 0.15) is 10.8 Å². The molecule has 0 aliphatic rings. The Morgan fingerprint density at radius 2 is 1.78 bits per heavy atom. The molecule has 4 aromatic rings. The van der Waals surface area contributed by atoms with E-state index in [0.29, 0.717) is 11.3 Å². The molecule has 1 aromatic heterocycles. The molecular weight excluding hydrogens is 506 g/mol. The van der Waals surface area contributed by atoms with Crippen LogP contribution in [0.1, 0.15) is 16.8 Å². The van der Waals surface area contributed by atoms with Crippen LogP contribution in [-0.2, 0) is 21.2 Å². The fourth-order valence-corrected chi connectivity index (χ4v) is 5.23. The van der Waals surface area contributed by atoms with Gasteiger partial charge in [-0.2, -0.15) is 0 Å². The fourth-order valence-electron chi connectivity index (χ4n) is 4.04. The first-order chi connectivity index (χ1) is 17.0. The Labute approximate surface area is 212 Å². The van der Waals surface area contributed by atoms with Crippen LogP contribution in [0.5, 0.6) is 5.75 Å². The number of nitro benzene ring substituents is 1. The number of amides is 1. The van der Waals surface area contributed by atoms with Crippen molar-refractivity contribution < 1.29 is 22.9 Å². The molecule has 0 unspecified atom stereocenters. The van der Waals surface area contributed by atoms with Crippen molar-refractivity contribution in [2.75, 3.05) is 7.11 Å². The molecule has 9 nitrogen and oxygen atoms in total. The van der Waals surface area contributed by atoms with Gasteiger partial charge in [0.25, 0.3) is 15.7 Å². The lowest BCUT2D eigenvalue weighted by molar-refractivity contribution is -0.384. The SMILES string of the molecule is COc1ccc2c(c1)c(CC(=O)NS(=O)(=O)c1ccc(Cl)c([N+](=O)[O-])c1)c(C)n2-c1ccc(C)cc1. The number of benzene rings is 3. The van der Waals surface area contributed by atoms with Gasteiger partial charge in [-0.25, -0.2) is 13.1 Å². The predicted molar refractivity (Wildman–Crippen MR) is 136 cm³/mol. The lowest BCUT2D eigenvalue weighted by atomic mass is 10.1. The molecule has 0 fully saturated rings. The van der Waals surface area contributed by atoms with Gasteiger partial charge in [0, 0.05) is 22.8 Å². The second kappa shape index (κ2) is 9.63. The summed E-state index contributed by atoms with van der Waals surface area (Å²) >= 11 is 5.78. The van der Waals surface area contributed by atoms with E-state index >= 15 is 0 Å². The molecule has 0 aliphatic carbocycles. The van der Waals surface area contributed by atoms with Gasteiger partial charge in [0.2, 0.25) is 5.91 Å². The Morgan fingerprint density at radius 1 is 1.08 bits per heavy atom. The molecule has 0 bridgehead atoms. The molecule has 0 saturated heterocycles. The van der Waals surface area contributed by atoms with E-state index in [4.69, 9.17) is 16.3 Å². The summed E-state index contributed by atoms with van der Waals surface area (Å²) < 4.78 is 35.0. The average Bonchev–Trinajstić information content (AvgIpc) is 3.09. The number of rotatable bonds is 7. The number of carbonyl (C=O) groups excluding carboxylic acids is 1. The molecule has 0 radical (unpaired) electrons. The molecule has 11 heteroatoms. The molecule has 1 heterocycles. The number of methoxy groups -OCH3 is 1. The quantitative estimate of drug-likeness (QED) is 0.270. The summed E-state index contributed by atoms with van der Waals surface area (Å²) in [6.45, 7) is 3.84. The average molecular weight is 528 g/mol. The van der Waals surface area contributed by atoms with Crippen molar-refractivity contribution in [3.8, 4) is 11.4 Å². The number of carbonyl (C=O) groups is 1. The lowest BCUT2D eigenvalue weighted by Gasteiger charge is -2.10. The number of nitrogens with one attached hydrogen (secondary N) is 1. The summed E-state index contributed by atoms with van der Waals surface area (Å²) in [6.07, 6.45) is -0.247. The molecule has 1 amide bonds. The Bertz CT molecular complexity index is 1610. The van der Waals surface area contributed by atoms with E-state index in [-0.39, 0.29) is 11.4 Å². The van der Waals surface area contributed by atoms with E-state index in [1.807, 2.05) is 59.5 Å². The van der Waals surface area contributed by atoms with E-state index in [1.165, 1.54) is 7.11 Å². The minimum Gasteiger partial charge on any atom is -0.497 e. The number of nitrogens with zero attached hydrogens (tertiary/aromatic N) is 2. The monoisotopic (exact) mass is 527 g/mol. The first-order valence-corrected chi connectivity index (χ1v) is 12.6. The lowest BCUT2D eigenvalue weighted by Crippen LogP contribution is -2.32. The van der Waals surface area contributed by atoms with E-state index in [1.54, 1.807) is 6.07 Å². The third-order valence-electron chi connectivity index (χ3n) is 5.84. The molecule has 0 saturated carbocycles. The highest BCUT2D eigenvalue weighted by Crippen LogP contribution is 2.33. The van der Waals surface area contributed by atoms with Crippen LogP contribution in [0.4, 0.5) is 5.69 Å². The van der Waals surface area contributed by atoms with Gasteiger partial charge >= 0.3 is 0 Å². The summed E-state index contributed by atoms with van der Waals surface area (Å²) in [7, 11) is -2.84. The summed E-state index contributed by atoms with van der Waals surface area (Å²) in [6, 6.07) is 16.4. The number of nitro groups is 1. The van der Waals surface area contributed by atoms with Crippen LogP contribution in [0.15, 0.2) is 65.6 Å². The van der Waals surface area contributed by atoms with Crippen LogP contribution in [0.25, 0.3) is 16.6 Å². The molecule has 0 aliphatic heterocycles. The van der Waals surface area contributed by atoms with Crippen LogP contribution in [0, 0.1) is 24.0 Å². The van der Waals surface area contributed by atoms with Crippen molar-refractivity contribution in [1.82, 2.24) is 9.29 Å². The van der Waals surface area contributed by atoms with Crippen LogP contribution in [0.3, 0.4) is 0 Å². The Kier molecular flexibility index (Phi) is 6.75.